The van der Waals surface area contributed by atoms with Crippen LogP contribution < -0.4 is 0 Å². The maximum absolute atomic E-state index is 12.7. The molecule has 0 aromatic heterocycles. The Kier molecular flexibility index (Phi) is 3.44. The molecular weight excluding hydrogens is 216 g/mol. The van der Waals surface area contributed by atoms with Gasteiger partial charge in [-0.3, -0.25) is 0 Å². The molecule has 14 heavy (non-hydrogen) atoms. The zero-order valence-electron chi connectivity index (χ0n) is 7.62. The highest BCUT2D eigenvalue weighted by molar-refractivity contribution is 7.89. The summed E-state index contributed by atoms with van der Waals surface area (Å²) in [4.78, 5) is 0. The van der Waals surface area contributed by atoms with Crippen LogP contribution in [0.15, 0.2) is 0 Å². The number of aliphatic hydroxyl groups is 1. The average Bonchev–Trinajstić information content (AvgIpc) is 2.09. The van der Waals surface area contributed by atoms with Gasteiger partial charge >= 0.3 is 0 Å². The summed E-state index contributed by atoms with van der Waals surface area (Å²) in [6, 6.07) is 0. The molecule has 1 rings (SSSR count). The molecule has 0 amide bonds. The molecule has 1 aliphatic rings. The summed E-state index contributed by atoms with van der Waals surface area (Å²) in [5.74, 6) is -3.42. The lowest BCUT2D eigenvalue weighted by Crippen LogP contribution is -2.46. The lowest BCUT2D eigenvalue weighted by Gasteiger charge is -2.28. The topological polar surface area (TPSA) is 57.6 Å². The highest BCUT2D eigenvalue weighted by Gasteiger charge is 2.36. The fourth-order valence-corrected chi connectivity index (χ4v) is 2.95. The first-order chi connectivity index (χ1) is 6.37. The minimum atomic E-state index is -3.52. The Labute approximate surface area is 81.6 Å². The molecule has 0 radical (unpaired) electrons. The van der Waals surface area contributed by atoms with Gasteiger partial charge in [0.25, 0.3) is 5.92 Å². The maximum atomic E-state index is 12.7. The second-order valence-electron chi connectivity index (χ2n) is 3.37. The average molecular weight is 229 g/mol. The van der Waals surface area contributed by atoms with Crippen molar-refractivity contribution in [2.24, 2.45) is 0 Å². The van der Waals surface area contributed by atoms with E-state index in [-0.39, 0.29) is 12.3 Å². The first-order valence-electron chi connectivity index (χ1n) is 4.34. The number of nitrogens with zero attached hydrogens (tertiary/aromatic N) is 1. The van der Waals surface area contributed by atoms with Crippen LogP contribution >= 0.6 is 0 Å². The molecule has 0 aliphatic carbocycles. The Balaban J connectivity index is 2.68. The van der Waals surface area contributed by atoms with E-state index in [9.17, 15) is 17.2 Å². The van der Waals surface area contributed by atoms with Gasteiger partial charge in [0.1, 0.15) is 6.61 Å². The smallest absolute Gasteiger partial charge is 0.284 e. The lowest BCUT2D eigenvalue weighted by molar-refractivity contribution is -0.0609. The minimum absolute atomic E-state index is 0.0749. The van der Waals surface area contributed by atoms with Crippen molar-refractivity contribution < 1.29 is 22.3 Å². The first-order valence-corrected chi connectivity index (χ1v) is 5.95. The van der Waals surface area contributed by atoms with Crippen molar-refractivity contribution in [2.75, 3.05) is 25.4 Å². The van der Waals surface area contributed by atoms with Crippen LogP contribution in [0.3, 0.4) is 0 Å². The van der Waals surface area contributed by atoms with Gasteiger partial charge in [-0.2, -0.15) is 4.31 Å². The highest BCUT2D eigenvalue weighted by atomic mass is 32.2. The molecule has 0 spiro atoms. The molecule has 7 heteroatoms. The van der Waals surface area contributed by atoms with Crippen molar-refractivity contribution in [3.8, 4) is 0 Å². The molecule has 0 unspecified atom stereocenters. The summed E-state index contributed by atoms with van der Waals surface area (Å²) in [6.07, 6.45) is 1.12. The molecule has 0 atom stereocenters. The molecule has 0 aromatic carbocycles. The summed E-state index contributed by atoms with van der Waals surface area (Å²) in [6.45, 7) is -2.11. The Morgan fingerprint density at radius 1 is 1.36 bits per heavy atom. The Morgan fingerprint density at radius 3 is 2.50 bits per heavy atom. The van der Waals surface area contributed by atoms with Crippen LogP contribution in [-0.4, -0.2) is 49.2 Å². The number of sulfonamides is 1. The summed E-state index contributed by atoms with van der Waals surface area (Å²) in [5.41, 5.74) is 0. The standard InChI is InChI=1S/C7H13F2NO3S/c8-7(9,6-11)5-10-3-1-2-4-14(10,12)13/h11H,1-6H2. The van der Waals surface area contributed by atoms with Crippen molar-refractivity contribution in [3.05, 3.63) is 0 Å². The van der Waals surface area contributed by atoms with Crippen LogP contribution in [0.4, 0.5) is 8.78 Å². The molecule has 1 fully saturated rings. The zero-order chi connectivity index (χ0) is 10.8. The number of halogens is 2. The van der Waals surface area contributed by atoms with E-state index in [0.29, 0.717) is 12.8 Å². The number of rotatable bonds is 3. The van der Waals surface area contributed by atoms with Gasteiger partial charge in [-0.15, -0.1) is 0 Å². The van der Waals surface area contributed by atoms with E-state index in [1.165, 1.54) is 0 Å². The van der Waals surface area contributed by atoms with E-state index in [0.717, 1.165) is 4.31 Å². The molecular formula is C7H13F2NO3S. The number of alkyl halides is 2. The molecule has 1 aliphatic heterocycles. The maximum Gasteiger partial charge on any atom is 0.284 e. The minimum Gasteiger partial charge on any atom is -0.390 e. The lowest BCUT2D eigenvalue weighted by atomic mass is 10.3. The van der Waals surface area contributed by atoms with Gasteiger partial charge in [0.15, 0.2) is 0 Å². The monoisotopic (exact) mass is 229 g/mol. The van der Waals surface area contributed by atoms with Crippen LogP contribution in [0.2, 0.25) is 0 Å². The quantitative estimate of drug-likeness (QED) is 0.743. The summed E-state index contributed by atoms with van der Waals surface area (Å²) >= 11 is 0. The van der Waals surface area contributed by atoms with Crippen molar-refractivity contribution in [2.45, 2.75) is 18.8 Å². The predicted octanol–water partition coefficient (Wildman–Crippen LogP) is 0.0396. The van der Waals surface area contributed by atoms with Crippen molar-refractivity contribution in [3.63, 3.8) is 0 Å². The van der Waals surface area contributed by atoms with Gasteiger partial charge in [0.2, 0.25) is 10.0 Å². The normalized spacial score (nSPS) is 23.6. The van der Waals surface area contributed by atoms with Gasteiger partial charge in [-0.1, -0.05) is 0 Å². The van der Waals surface area contributed by atoms with Crippen LogP contribution in [-0.2, 0) is 10.0 Å². The van der Waals surface area contributed by atoms with Crippen molar-refractivity contribution in [1.82, 2.24) is 4.31 Å². The second kappa shape index (κ2) is 4.08. The molecule has 4 nitrogen and oxygen atoms in total. The third-order valence-electron chi connectivity index (χ3n) is 2.09. The highest BCUT2D eigenvalue weighted by Crippen LogP contribution is 2.20. The number of hydrogen-bond acceptors (Lipinski definition) is 3. The molecule has 0 aromatic rings. The van der Waals surface area contributed by atoms with Gasteiger partial charge in [-0.25, -0.2) is 17.2 Å². The number of hydrogen-bond donors (Lipinski definition) is 1. The van der Waals surface area contributed by atoms with Crippen molar-refractivity contribution >= 4 is 10.0 Å². The third-order valence-corrected chi connectivity index (χ3v) is 4.00. The van der Waals surface area contributed by atoms with Crippen LogP contribution in [0, 0.1) is 0 Å². The van der Waals surface area contributed by atoms with E-state index >= 15 is 0 Å². The Bertz CT molecular complexity index is 291. The SMILES string of the molecule is O=S1(=O)CCCCN1CC(F)(F)CO. The Morgan fingerprint density at radius 2 is 2.00 bits per heavy atom. The molecule has 1 heterocycles. The molecule has 0 saturated carbocycles. The van der Waals surface area contributed by atoms with Crippen LogP contribution in [0.5, 0.6) is 0 Å². The van der Waals surface area contributed by atoms with Crippen molar-refractivity contribution in [1.29, 1.82) is 0 Å². The third kappa shape index (κ3) is 2.86. The first kappa shape index (κ1) is 11.8. The summed E-state index contributed by atoms with van der Waals surface area (Å²) < 4.78 is 48.8. The molecule has 1 N–H and O–H groups in total. The van der Waals surface area contributed by atoms with E-state index in [1.807, 2.05) is 0 Å². The summed E-state index contributed by atoms with van der Waals surface area (Å²) in [7, 11) is -3.52. The van der Waals surface area contributed by atoms with Crippen LogP contribution in [0.1, 0.15) is 12.8 Å². The predicted molar refractivity (Wildman–Crippen MR) is 46.6 cm³/mol. The van der Waals surface area contributed by atoms with E-state index in [1.54, 1.807) is 0 Å². The Hall–Kier alpha value is -0.270. The van der Waals surface area contributed by atoms with E-state index in [2.05, 4.69) is 0 Å². The molecule has 84 valence electrons. The zero-order valence-corrected chi connectivity index (χ0v) is 8.43. The second-order valence-corrected chi connectivity index (χ2v) is 5.46. The fraction of sp³-hybridized carbons (Fsp3) is 1.00. The fourth-order valence-electron chi connectivity index (χ4n) is 1.33. The van der Waals surface area contributed by atoms with Gasteiger partial charge in [0.05, 0.1) is 12.3 Å². The summed E-state index contributed by atoms with van der Waals surface area (Å²) in [5, 5.41) is 8.32. The molecule has 0 bridgehead atoms. The molecule has 1 saturated heterocycles. The van der Waals surface area contributed by atoms with E-state index < -0.39 is 29.1 Å². The number of aliphatic hydroxyl groups excluding tert-OH is 1. The van der Waals surface area contributed by atoms with Gasteiger partial charge in [-0.05, 0) is 12.8 Å². The van der Waals surface area contributed by atoms with Gasteiger partial charge in [0, 0.05) is 6.54 Å². The van der Waals surface area contributed by atoms with E-state index in [4.69, 9.17) is 5.11 Å². The largest absolute Gasteiger partial charge is 0.390 e. The van der Waals surface area contributed by atoms with Gasteiger partial charge < -0.3 is 5.11 Å². The van der Waals surface area contributed by atoms with Crippen LogP contribution in [0.25, 0.3) is 0 Å².